The fourth-order valence-corrected chi connectivity index (χ4v) is 1.77. The molecule has 0 radical (unpaired) electrons. The zero-order valence-corrected chi connectivity index (χ0v) is 6.93. The number of hydrogen-bond acceptors (Lipinski definition) is 1. The lowest BCUT2D eigenvalue weighted by atomic mass is 10.0. The van der Waals surface area contributed by atoms with Crippen molar-refractivity contribution >= 4 is 11.6 Å². The summed E-state index contributed by atoms with van der Waals surface area (Å²) in [6.45, 7) is 0.991. The van der Waals surface area contributed by atoms with E-state index < -0.39 is 0 Å². The Morgan fingerprint density at radius 3 is 3.00 bits per heavy atom. The molecule has 0 saturated carbocycles. The molecule has 11 heavy (non-hydrogen) atoms. The average Bonchev–Trinajstić information content (AvgIpc) is 2.06. The van der Waals surface area contributed by atoms with Gasteiger partial charge in [0, 0.05) is 6.54 Å². The molecule has 1 aromatic rings. The van der Waals surface area contributed by atoms with Crippen molar-refractivity contribution in [1.29, 1.82) is 0 Å². The maximum absolute atomic E-state index is 6.04. The van der Waals surface area contributed by atoms with E-state index in [1.54, 1.807) is 0 Å². The lowest BCUT2D eigenvalue weighted by Crippen LogP contribution is -2.26. The summed E-state index contributed by atoms with van der Waals surface area (Å²) in [5, 5.41) is 3.20. The zero-order valence-electron chi connectivity index (χ0n) is 6.18. The van der Waals surface area contributed by atoms with Crippen molar-refractivity contribution in [2.24, 2.45) is 0 Å². The monoisotopic (exact) mass is 167 g/mol. The second-order valence-electron chi connectivity index (χ2n) is 2.77. The average molecular weight is 168 g/mol. The Balaban J connectivity index is 2.44. The number of alkyl halides is 1. The van der Waals surface area contributed by atoms with Crippen LogP contribution >= 0.6 is 11.6 Å². The Labute approximate surface area is 71.4 Å². The predicted octanol–water partition coefficient (Wildman–Crippen LogP) is 2.07. The Morgan fingerprint density at radius 1 is 1.36 bits per heavy atom. The Hall–Kier alpha value is -0.530. The molecule has 0 aliphatic carbocycles. The first kappa shape index (κ1) is 7.14. The molecule has 0 amide bonds. The summed E-state index contributed by atoms with van der Waals surface area (Å²) in [5.41, 5.74) is 2.63. The fraction of sp³-hybridized carbons (Fsp3) is 0.333. The molecule has 0 saturated heterocycles. The van der Waals surface area contributed by atoms with E-state index in [0.29, 0.717) is 0 Å². The Bertz CT molecular complexity index is 259. The fourth-order valence-electron chi connectivity index (χ4n) is 1.45. The molecule has 1 aliphatic rings. The van der Waals surface area contributed by atoms with Crippen LogP contribution in [0.4, 0.5) is 0 Å². The molecule has 1 nitrogen and oxygen atoms in total. The van der Waals surface area contributed by atoms with Crippen molar-refractivity contribution in [1.82, 2.24) is 5.32 Å². The number of nitrogens with one attached hydrogen (secondary N) is 1. The minimum Gasteiger partial charge on any atom is -0.297 e. The standard InChI is InChI=1S/C9H10ClN/c10-9-8-4-2-1-3-7(8)5-6-11-9/h1-4,9,11H,5-6H2. The molecular weight excluding hydrogens is 158 g/mol. The highest BCUT2D eigenvalue weighted by Gasteiger charge is 2.15. The van der Waals surface area contributed by atoms with Gasteiger partial charge in [-0.3, -0.25) is 5.32 Å². The maximum atomic E-state index is 6.04. The third kappa shape index (κ3) is 1.26. The van der Waals surface area contributed by atoms with E-state index in [2.05, 4.69) is 23.5 Å². The summed E-state index contributed by atoms with van der Waals surface area (Å²) < 4.78 is 0. The normalized spacial score (nSPS) is 22.8. The molecule has 1 unspecified atom stereocenters. The van der Waals surface area contributed by atoms with Gasteiger partial charge in [-0.25, -0.2) is 0 Å². The van der Waals surface area contributed by atoms with Gasteiger partial charge in [-0.05, 0) is 17.5 Å². The van der Waals surface area contributed by atoms with Crippen LogP contribution in [-0.2, 0) is 6.42 Å². The summed E-state index contributed by atoms with van der Waals surface area (Å²) in [5.74, 6) is 0. The molecule has 0 aromatic heterocycles. The highest BCUT2D eigenvalue weighted by molar-refractivity contribution is 6.20. The first-order chi connectivity index (χ1) is 5.38. The SMILES string of the molecule is ClC1NCCc2ccccc21. The summed E-state index contributed by atoms with van der Waals surface area (Å²) in [6, 6.07) is 8.32. The molecular formula is C9H10ClN. The highest BCUT2D eigenvalue weighted by Crippen LogP contribution is 2.24. The van der Waals surface area contributed by atoms with Crippen LogP contribution in [0.2, 0.25) is 0 Å². The maximum Gasteiger partial charge on any atom is 0.108 e. The van der Waals surface area contributed by atoms with Gasteiger partial charge in [-0.15, -0.1) is 11.6 Å². The van der Waals surface area contributed by atoms with Crippen LogP contribution in [-0.4, -0.2) is 6.54 Å². The molecule has 1 aliphatic heterocycles. The van der Waals surface area contributed by atoms with E-state index in [1.807, 2.05) is 6.07 Å². The van der Waals surface area contributed by atoms with Crippen LogP contribution in [0.1, 0.15) is 16.6 Å². The highest BCUT2D eigenvalue weighted by atomic mass is 35.5. The van der Waals surface area contributed by atoms with Gasteiger partial charge in [0.2, 0.25) is 0 Å². The quantitative estimate of drug-likeness (QED) is 0.461. The van der Waals surface area contributed by atoms with Gasteiger partial charge in [0.25, 0.3) is 0 Å². The number of benzene rings is 1. The largest absolute Gasteiger partial charge is 0.297 e. The molecule has 1 N–H and O–H groups in total. The van der Waals surface area contributed by atoms with Gasteiger partial charge < -0.3 is 0 Å². The first-order valence-electron chi connectivity index (χ1n) is 3.83. The van der Waals surface area contributed by atoms with Gasteiger partial charge in [0.15, 0.2) is 0 Å². The number of halogens is 1. The lowest BCUT2D eigenvalue weighted by Gasteiger charge is -2.21. The van der Waals surface area contributed by atoms with Crippen molar-refractivity contribution in [3.63, 3.8) is 0 Å². The van der Waals surface area contributed by atoms with Gasteiger partial charge in [0.1, 0.15) is 5.50 Å². The number of hydrogen-bond donors (Lipinski definition) is 1. The number of rotatable bonds is 0. The lowest BCUT2D eigenvalue weighted by molar-refractivity contribution is 0.623. The van der Waals surface area contributed by atoms with E-state index >= 15 is 0 Å². The minimum atomic E-state index is 0.0138. The van der Waals surface area contributed by atoms with Crippen molar-refractivity contribution in [2.75, 3.05) is 6.54 Å². The van der Waals surface area contributed by atoms with E-state index in [4.69, 9.17) is 11.6 Å². The predicted molar refractivity (Wildman–Crippen MR) is 46.7 cm³/mol. The van der Waals surface area contributed by atoms with Gasteiger partial charge in [-0.2, -0.15) is 0 Å². The van der Waals surface area contributed by atoms with Crippen LogP contribution in [0, 0.1) is 0 Å². The third-order valence-corrected chi connectivity index (χ3v) is 2.44. The van der Waals surface area contributed by atoms with Crippen LogP contribution in [0.5, 0.6) is 0 Å². The molecule has 0 spiro atoms. The van der Waals surface area contributed by atoms with E-state index in [9.17, 15) is 0 Å². The topological polar surface area (TPSA) is 12.0 Å². The molecule has 0 bridgehead atoms. The summed E-state index contributed by atoms with van der Waals surface area (Å²) in [6.07, 6.45) is 1.10. The zero-order chi connectivity index (χ0) is 7.68. The molecule has 1 heterocycles. The summed E-state index contributed by atoms with van der Waals surface area (Å²) >= 11 is 6.04. The molecule has 58 valence electrons. The van der Waals surface area contributed by atoms with E-state index in [0.717, 1.165) is 13.0 Å². The van der Waals surface area contributed by atoms with Crippen LogP contribution in [0.3, 0.4) is 0 Å². The van der Waals surface area contributed by atoms with E-state index in [-0.39, 0.29) is 5.50 Å². The van der Waals surface area contributed by atoms with Gasteiger partial charge >= 0.3 is 0 Å². The summed E-state index contributed by atoms with van der Waals surface area (Å²) in [4.78, 5) is 0. The molecule has 1 aromatic carbocycles. The molecule has 2 heteroatoms. The van der Waals surface area contributed by atoms with Gasteiger partial charge in [0.05, 0.1) is 0 Å². The minimum absolute atomic E-state index is 0.0138. The Kier molecular flexibility index (Phi) is 1.84. The van der Waals surface area contributed by atoms with Gasteiger partial charge in [-0.1, -0.05) is 24.3 Å². The van der Waals surface area contributed by atoms with Crippen molar-refractivity contribution in [2.45, 2.75) is 11.9 Å². The van der Waals surface area contributed by atoms with Crippen molar-refractivity contribution in [3.8, 4) is 0 Å². The Morgan fingerprint density at radius 2 is 2.18 bits per heavy atom. The molecule has 2 rings (SSSR count). The third-order valence-electron chi connectivity index (χ3n) is 2.05. The molecule has 0 fully saturated rings. The smallest absolute Gasteiger partial charge is 0.108 e. The number of fused-ring (bicyclic) bond motifs is 1. The van der Waals surface area contributed by atoms with Crippen LogP contribution in [0.15, 0.2) is 24.3 Å². The summed E-state index contributed by atoms with van der Waals surface area (Å²) in [7, 11) is 0. The van der Waals surface area contributed by atoms with Crippen LogP contribution in [0.25, 0.3) is 0 Å². The van der Waals surface area contributed by atoms with Crippen molar-refractivity contribution < 1.29 is 0 Å². The van der Waals surface area contributed by atoms with Crippen LogP contribution < -0.4 is 5.32 Å². The molecule has 1 atom stereocenters. The van der Waals surface area contributed by atoms with Crippen molar-refractivity contribution in [3.05, 3.63) is 35.4 Å². The van der Waals surface area contributed by atoms with E-state index in [1.165, 1.54) is 11.1 Å². The second kappa shape index (κ2) is 2.84. The first-order valence-corrected chi connectivity index (χ1v) is 4.27. The second-order valence-corrected chi connectivity index (χ2v) is 3.20.